The lowest BCUT2D eigenvalue weighted by molar-refractivity contribution is -0.108. The van der Waals surface area contributed by atoms with E-state index < -0.39 is 0 Å². The van der Waals surface area contributed by atoms with Crippen LogP contribution in [0.15, 0.2) is 41.2 Å². The van der Waals surface area contributed by atoms with Crippen LogP contribution in [0.3, 0.4) is 0 Å². The fourth-order valence-electron chi connectivity index (χ4n) is 0.991. The minimum atomic E-state index is 0.525. The van der Waals surface area contributed by atoms with E-state index in [1.165, 1.54) is 0 Å². The predicted molar refractivity (Wildman–Crippen MR) is 67.8 cm³/mol. The molecule has 0 fully saturated rings. The lowest BCUT2D eigenvalue weighted by Gasteiger charge is -2.17. The first-order chi connectivity index (χ1) is 7.52. The van der Waals surface area contributed by atoms with E-state index in [2.05, 4.69) is 17.0 Å². The van der Waals surface area contributed by atoms with Crippen LogP contribution in [0, 0.1) is 0 Å². The average Bonchev–Trinajstić information content (AvgIpc) is 2.24. The standard InChI is InChI=1S/C12H19N3O/c1-6-7-8-10(2)11(3)15(5)14-12(4)13-9-16/h6-9H,3H2,1-2,4-5H3,(H,13,14,16)/b7-6-,10-8+. The molecular weight excluding hydrogens is 202 g/mol. The highest BCUT2D eigenvalue weighted by Gasteiger charge is 2.02. The van der Waals surface area contributed by atoms with Crippen LogP contribution in [0.5, 0.6) is 0 Å². The van der Waals surface area contributed by atoms with Gasteiger partial charge in [0.25, 0.3) is 0 Å². The summed E-state index contributed by atoms with van der Waals surface area (Å²) in [5.74, 6) is 0.525. The molecule has 0 atom stereocenters. The van der Waals surface area contributed by atoms with Gasteiger partial charge in [0, 0.05) is 7.05 Å². The molecule has 0 aliphatic heterocycles. The molecule has 0 saturated carbocycles. The zero-order chi connectivity index (χ0) is 12.6. The molecule has 0 heterocycles. The maximum Gasteiger partial charge on any atom is 0.212 e. The maximum absolute atomic E-state index is 10.2. The smallest absolute Gasteiger partial charge is 0.212 e. The summed E-state index contributed by atoms with van der Waals surface area (Å²) in [6.45, 7) is 9.54. The Kier molecular flexibility index (Phi) is 6.59. The van der Waals surface area contributed by atoms with Crippen molar-refractivity contribution in [2.24, 2.45) is 5.10 Å². The summed E-state index contributed by atoms with van der Waals surface area (Å²) in [7, 11) is 1.78. The number of nitrogens with zero attached hydrogens (tertiary/aromatic N) is 2. The topological polar surface area (TPSA) is 44.7 Å². The third kappa shape index (κ3) is 5.14. The first-order valence-corrected chi connectivity index (χ1v) is 5.01. The Labute approximate surface area is 97.0 Å². The Morgan fingerprint density at radius 1 is 1.44 bits per heavy atom. The SMILES string of the molecule is C=C(/C(C)=C/C=C\C)N(C)/N=C(\C)NC=O. The van der Waals surface area contributed by atoms with E-state index in [9.17, 15) is 4.79 Å². The maximum atomic E-state index is 10.2. The fourth-order valence-corrected chi connectivity index (χ4v) is 0.991. The summed E-state index contributed by atoms with van der Waals surface area (Å²) in [5.41, 5.74) is 1.80. The van der Waals surface area contributed by atoms with Crippen LogP contribution in [0.1, 0.15) is 20.8 Å². The number of hydrogen-bond donors (Lipinski definition) is 1. The molecule has 0 unspecified atom stereocenters. The molecule has 0 aliphatic carbocycles. The minimum Gasteiger partial charge on any atom is -0.316 e. The van der Waals surface area contributed by atoms with Crippen molar-refractivity contribution in [1.29, 1.82) is 0 Å². The van der Waals surface area contributed by atoms with E-state index >= 15 is 0 Å². The number of rotatable bonds is 5. The van der Waals surface area contributed by atoms with Crippen LogP contribution in [0.2, 0.25) is 0 Å². The minimum absolute atomic E-state index is 0.525. The summed E-state index contributed by atoms with van der Waals surface area (Å²) in [4.78, 5) is 10.2. The van der Waals surface area contributed by atoms with Gasteiger partial charge in [0.1, 0.15) is 5.84 Å². The van der Waals surface area contributed by atoms with Crippen LogP contribution >= 0.6 is 0 Å². The largest absolute Gasteiger partial charge is 0.316 e. The second-order valence-corrected chi connectivity index (χ2v) is 3.29. The third-order valence-electron chi connectivity index (χ3n) is 1.95. The van der Waals surface area contributed by atoms with Gasteiger partial charge in [-0.05, 0) is 26.3 Å². The van der Waals surface area contributed by atoms with E-state index in [0.29, 0.717) is 12.2 Å². The Bertz CT molecular complexity index is 340. The van der Waals surface area contributed by atoms with Crippen LogP contribution < -0.4 is 5.32 Å². The van der Waals surface area contributed by atoms with Gasteiger partial charge in [0.15, 0.2) is 0 Å². The van der Waals surface area contributed by atoms with Crippen molar-refractivity contribution < 1.29 is 4.79 Å². The number of carbonyl (C=O) groups is 1. The number of likely N-dealkylation sites (N-methyl/N-ethyl adjacent to an activating group) is 1. The van der Waals surface area contributed by atoms with Gasteiger partial charge < -0.3 is 5.32 Å². The van der Waals surface area contributed by atoms with E-state index in [1.807, 2.05) is 32.1 Å². The molecule has 4 nitrogen and oxygen atoms in total. The Morgan fingerprint density at radius 3 is 2.56 bits per heavy atom. The van der Waals surface area contributed by atoms with Crippen molar-refractivity contribution in [2.45, 2.75) is 20.8 Å². The number of hydrazone groups is 1. The summed E-state index contributed by atoms with van der Waals surface area (Å²) >= 11 is 0. The highest BCUT2D eigenvalue weighted by Crippen LogP contribution is 2.11. The zero-order valence-electron chi connectivity index (χ0n) is 10.3. The molecule has 0 bridgehead atoms. The predicted octanol–water partition coefficient (Wildman–Crippen LogP) is 2.03. The highest BCUT2D eigenvalue weighted by atomic mass is 16.1. The second kappa shape index (κ2) is 7.45. The third-order valence-corrected chi connectivity index (χ3v) is 1.95. The lowest BCUT2D eigenvalue weighted by Crippen LogP contribution is -2.22. The van der Waals surface area contributed by atoms with Gasteiger partial charge in [-0.25, -0.2) is 0 Å². The number of amides is 1. The molecule has 0 radical (unpaired) electrons. The summed E-state index contributed by atoms with van der Waals surface area (Å²) in [6, 6.07) is 0. The molecule has 0 aromatic heterocycles. The molecule has 16 heavy (non-hydrogen) atoms. The molecule has 88 valence electrons. The summed E-state index contributed by atoms with van der Waals surface area (Å²) in [6.07, 6.45) is 6.43. The molecule has 4 heteroatoms. The number of amidine groups is 1. The van der Waals surface area contributed by atoms with Crippen molar-refractivity contribution in [2.75, 3.05) is 7.05 Å². The first kappa shape index (κ1) is 14.2. The van der Waals surface area contributed by atoms with Gasteiger partial charge in [-0.2, -0.15) is 5.10 Å². The van der Waals surface area contributed by atoms with Gasteiger partial charge in [-0.1, -0.05) is 24.8 Å². The normalized spacial score (nSPS) is 12.8. The molecule has 1 amide bonds. The van der Waals surface area contributed by atoms with Gasteiger partial charge >= 0.3 is 0 Å². The second-order valence-electron chi connectivity index (χ2n) is 3.29. The first-order valence-electron chi connectivity index (χ1n) is 5.01. The molecule has 0 saturated heterocycles. The van der Waals surface area contributed by atoms with Crippen LogP contribution in [-0.4, -0.2) is 24.3 Å². The number of carbonyl (C=O) groups excluding carboxylic acids is 1. The molecule has 0 aromatic carbocycles. The van der Waals surface area contributed by atoms with Gasteiger partial charge in [-0.3, -0.25) is 9.80 Å². The van der Waals surface area contributed by atoms with Gasteiger partial charge in [0.05, 0.1) is 5.70 Å². The monoisotopic (exact) mass is 221 g/mol. The van der Waals surface area contributed by atoms with Crippen molar-refractivity contribution in [3.8, 4) is 0 Å². The van der Waals surface area contributed by atoms with Crippen molar-refractivity contribution in [3.05, 3.63) is 36.1 Å². The Morgan fingerprint density at radius 2 is 2.06 bits per heavy atom. The van der Waals surface area contributed by atoms with Crippen LogP contribution in [0.25, 0.3) is 0 Å². The van der Waals surface area contributed by atoms with Gasteiger partial charge in [0.2, 0.25) is 6.41 Å². The number of allylic oxidation sites excluding steroid dienone is 4. The highest BCUT2D eigenvalue weighted by molar-refractivity contribution is 5.88. The zero-order valence-corrected chi connectivity index (χ0v) is 10.3. The van der Waals surface area contributed by atoms with Gasteiger partial charge in [-0.15, -0.1) is 0 Å². The Balaban J connectivity index is 4.61. The van der Waals surface area contributed by atoms with E-state index in [0.717, 1.165) is 11.3 Å². The Hall–Kier alpha value is -1.84. The molecular formula is C12H19N3O. The summed E-state index contributed by atoms with van der Waals surface area (Å²) < 4.78 is 0. The molecule has 0 spiro atoms. The fraction of sp³-hybridized carbons (Fsp3) is 0.333. The van der Waals surface area contributed by atoms with Crippen molar-refractivity contribution in [3.63, 3.8) is 0 Å². The van der Waals surface area contributed by atoms with E-state index in [4.69, 9.17) is 0 Å². The van der Waals surface area contributed by atoms with E-state index in [-0.39, 0.29) is 0 Å². The molecule has 0 aromatic rings. The van der Waals surface area contributed by atoms with Crippen LogP contribution in [0.4, 0.5) is 0 Å². The van der Waals surface area contributed by atoms with Crippen LogP contribution in [-0.2, 0) is 4.79 Å². The quantitative estimate of drug-likeness (QED) is 0.254. The molecule has 1 N–H and O–H groups in total. The average molecular weight is 221 g/mol. The number of hydrogen-bond acceptors (Lipinski definition) is 3. The molecule has 0 rings (SSSR count). The number of nitrogens with one attached hydrogen (secondary N) is 1. The lowest BCUT2D eigenvalue weighted by atomic mass is 10.2. The van der Waals surface area contributed by atoms with Crippen molar-refractivity contribution in [1.82, 2.24) is 10.3 Å². The van der Waals surface area contributed by atoms with Crippen molar-refractivity contribution >= 4 is 12.2 Å². The van der Waals surface area contributed by atoms with E-state index in [1.54, 1.807) is 19.0 Å². The summed E-state index contributed by atoms with van der Waals surface area (Å²) in [5, 5.41) is 8.23. The molecule has 0 aliphatic rings.